The Morgan fingerprint density at radius 3 is 2.63 bits per heavy atom. The van der Waals surface area contributed by atoms with Gasteiger partial charge in [0.2, 0.25) is 5.91 Å². The Hall–Kier alpha value is -2.59. The van der Waals surface area contributed by atoms with Gasteiger partial charge in [0.1, 0.15) is 0 Å². The summed E-state index contributed by atoms with van der Waals surface area (Å²) in [7, 11) is 0. The molecule has 0 saturated carbocycles. The highest BCUT2D eigenvalue weighted by Crippen LogP contribution is 2.32. The Morgan fingerprint density at radius 2 is 2.00 bits per heavy atom. The van der Waals surface area contributed by atoms with Crippen LogP contribution in [0, 0.1) is 0 Å². The summed E-state index contributed by atoms with van der Waals surface area (Å²) >= 11 is 6.84. The van der Waals surface area contributed by atoms with Gasteiger partial charge >= 0.3 is 6.18 Å². The summed E-state index contributed by atoms with van der Waals surface area (Å²) in [5.41, 5.74) is -0.720. The largest absolute Gasteiger partial charge is 0.417 e. The van der Waals surface area contributed by atoms with E-state index in [0.29, 0.717) is 28.3 Å². The number of amides is 1. The molecule has 0 bridgehead atoms. The molecule has 0 aliphatic rings. The van der Waals surface area contributed by atoms with Gasteiger partial charge in [0.25, 0.3) is 5.56 Å². The van der Waals surface area contributed by atoms with Gasteiger partial charge in [-0.25, -0.2) is 9.97 Å². The number of hydrogen-bond donors (Lipinski definition) is 1. The number of benzene rings is 1. The van der Waals surface area contributed by atoms with Crippen molar-refractivity contribution < 1.29 is 18.0 Å². The van der Waals surface area contributed by atoms with E-state index in [2.05, 4.69) is 15.3 Å². The van der Waals surface area contributed by atoms with Crippen LogP contribution in [0.25, 0.3) is 10.9 Å². The van der Waals surface area contributed by atoms with Gasteiger partial charge in [0.05, 0.1) is 27.2 Å². The number of para-hydroxylation sites is 1. The van der Waals surface area contributed by atoms with Gasteiger partial charge in [-0.2, -0.15) is 13.2 Å². The third-order valence-electron chi connectivity index (χ3n) is 4.05. The number of anilines is 1. The molecule has 6 nitrogen and oxygen atoms in total. The first-order valence-electron chi connectivity index (χ1n) is 8.74. The molecule has 0 unspecified atom stereocenters. The maximum absolute atomic E-state index is 12.8. The van der Waals surface area contributed by atoms with Crippen molar-refractivity contribution in [3.05, 3.63) is 57.5 Å². The van der Waals surface area contributed by atoms with E-state index in [1.165, 1.54) is 4.57 Å². The second-order valence-corrected chi connectivity index (χ2v) is 7.92. The SMILES string of the molecule is CC(C)n1c(SCC(=O)Nc2ncc(C(F)(F)F)cc2Cl)nc2ccccc2c1=O. The fourth-order valence-corrected chi connectivity index (χ4v) is 3.81. The second-order valence-electron chi connectivity index (χ2n) is 6.57. The summed E-state index contributed by atoms with van der Waals surface area (Å²) in [4.78, 5) is 33.1. The Bertz CT molecular complexity index is 1160. The van der Waals surface area contributed by atoms with E-state index < -0.39 is 17.6 Å². The van der Waals surface area contributed by atoms with Crippen molar-refractivity contribution >= 4 is 46.0 Å². The van der Waals surface area contributed by atoms with Crippen LogP contribution in [0.2, 0.25) is 5.02 Å². The standard InChI is InChI=1S/C19H16ClF3N4O2S/c1-10(2)27-17(29)12-5-3-4-6-14(12)25-18(27)30-9-15(28)26-16-13(20)7-11(8-24-16)19(21,22)23/h3-8,10H,9H2,1-2H3,(H,24,26,28). The predicted molar refractivity (Wildman–Crippen MR) is 110 cm³/mol. The number of thioether (sulfide) groups is 1. The van der Waals surface area contributed by atoms with Crippen LogP contribution < -0.4 is 10.9 Å². The minimum absolute atomic E-state index is 0.142. The highest BCUT2D eigenvalue weighted by molar-refractivity contribution is 7.99. The maximum Gasteiger partial charge on any atom is 0.417 e. The fraction of sp³-hybridized carbons (Fsp3) is 0.263. The number of nitrogens with zero attached hydrogens (tertiary/aromatic N) is 3. The molecule has 0 spiro atoms. The van der Waals surface area contributed by atoms with Crippen molar-refractivity contribution in [3.63, 3.8) is 0 Å². The van der Waals surface area contributed by atoms with Crippen LogP contribution in [0.15, 0.2) is 46.5 Å². The number of pyridine rings is 1. The number of halogens is 4. The highest BCUT2D eigenvalue weighted by Gasteiger charge is 2.31. The average Bonchev–Trinajstić information content (AvgIpc) is 2.67. The molecule has 3 aromatic rings. The Kier molecular flexibility index (Phi) is 6.37. The van der Waals surface area contributed by atoms with Crippen LogP contribution in [-0.2, 0) is 11.0 Å². The lowest BCUT2D eigenvalue weighted by Gasteiger charge is -2.16. The topological polar surface area (TPSA) is 76.9 Å². The van der Waals surface area contributed by atoms with Gasteiger partial charge in [-0.05, 0) is 32.0 Å². The predicted octanol–water partition coefficient (Wildman–Crippen LogP) is 4.78. The molecule has 0 atom stereocenters. The quantitative estimate of drug-likeness (QED) is 0.442. The molecule has 0 fully saturated rings. The number of fused-ring (bicyclic) bond motifs is 1. The molecule has 1 N–H and O–H groups in total. The monoisotopic (exact) mass is 456 g/mol. The number of rotatable bonds is 5. The zero-order chi connectivity index (χ0) is 22.1. The van der Waals surface area contributed by atoms with E-state index in [-0.39, 0.29) is 28.2 Å². The molecular formula is C19H16ClF3N4O2S. The molecule has 0 saturated heterocycles. The molecule has 3 rings (SSSR count). The first kappa shape index (κ1) is 22.1. The number of carbonyl (C=O) groups is 1. The third-order valence-corrected chi connectivity index (χ3v) is 5.29. The number of carbonyl (C=O) groups excluding carboxylic acids is 1. The normalized spacial score (nSPS) is 11.8. The zero-order valence-electron chi connectivity index (χ0n) is 15.8. The lowest BCUT2D eigenvalue weighted by atomic mass is 10.2. The zero-order valence-corrected chi connectivity index (χ0v) is 17.4. The molecule has 0 aliphatic carbocycles. The summed E-state index contributed by atoms with van der Waals surface area (Å²) < 4.78 is 39.6. The van der Waals surface area contributed by atoms with E-state index in [4.69, 9.17) is 11.6 Å². The molecular weight excluding hydrogens is 441 g/mol. The van der Waals surface area contributed by atoms with E-state index >= 15 is 0 Å². The fourth-order valence-electron chi connectivity index (χ4n) is 2.67. The summed E-state index contributed by atoms with van der Waals surface area (Å²) in [6.45, 7) is 3.65. The minimum Gasteiger partial charge on any atom is -0.309 e. The smallest absolute Gasteiger partial charge is 0.309 e. The molecule has 2 heterocycles. The van der Waals surface area contributed by atoms with Crippen LogP contribution in [0.1, 0.15) is 25.5 Å². The Labute approximate surface area is 178 Å². The Balaban J connectivity index is 1.79. The minimum atomic E-state index is -4.59. The highest BCUT2D eigenvalue weighted by atomic mass is 35.5. The van der Waals surface area contributed by atoms with Crippen molar-refractivity contribution in [2.75, 3.05) is 11.1 Å². The Morgan fingerprint density at radius 1 is 1.30 bits per heavy atom. The number of nitrogens with one attached hydrogen (secondary N) is 1. The van der Waals surface area contributed by atoms with Gasteiger partial charge in [0, 0.05) is 12.2 Å². The molecule has 1 aromatic carbocycles. The number of alkyl halides is 3. The summed E-state index contributed by atoms with van der Waals surface area (Å²) in [6.07, 6.45) is -3.99. The van der Waals surface area contributed by atoms with Crippen molar-refractivity contribution in [1.29, 1.82) is 0 Å². The van der Waals surface area contributed by atoms with Gasteiger partial charge in [-0.3, -0.25) is 14.2 Å². The van der Waals surface area contributed by atoms with Crippen LogP contribution in [-0.4, -0.2) is 26.2 Å². The number of aromatic nitrogens is 3. The van der Waals surface area contributed by atoms with Crippen molar-refractivity contribution in [1.82, 2.24) is 14.5 Å². The van der Waals surface area contributed by atoms with Gasteiger partial charge in [-0.1, -0.05) is 35.5 Å². The first-order chi connectivity index (χ1) is 14.1. The lowest BCUT2D eigenvalue weighted by molar-refractivity contribution is -0.137. The molecule has 11 heteroatoms. The molecule has 2 aromatic heterocycles. The van der Waals surface area contributed by atoms with E-state index in [9.17, 15) is 22.8 Å². The van der Waals surface area contributed by atoms with Gasteiger partial charge in [-0.15, -0.1) is 0 Å². The van der Waals surface area contributed by atoms with Gasteiger partial charge in [0.15, 0.2) is 11.0 Å². The van der Waals surface area contributed by atoms with E-state index in [1.54, 1.807) is 24.3 Å². The average molecular weight is 457 g/mol. The van der Waals surface area contributed by atoms with Crippen molar-refractivity contribution in [3.8, 4) is 0 Å². The lowest BCUT2D eigenvalue weighted by Crippen LogP contribution is -2.25. The van der Waals surface area contributed by atoms with Crippen LogP contribution >= 0.6 is 23.4 Å². The van der Waals surface area contributed by atoms with Crippen LogP contribution in [0.5, 0.6) is 0 Å². The van der Waals surface area contributed by atoms with Crippen LogP contribution in [0.3, 0.4) is 0 Å². The van der Waals surface area contributed by atoms with Gasteiger partial charge < -0.3 is 5.32 Å². The number of hydrogen-bond acceptors (Lipinski definition) is 5. The molecule has 0 radical (unpaired) electrons. The van der Waals surface area contributed by atoms with Crippen molar-refractivity contribution in [2.45, 2.75) is 31.2 Å². The second kappa shape index (κ2) is 8.65. The van der Waals surface area contributed by atoms with Crippen LogP contribution in [0.4, 0.5) is 19.0 Å². The maximum atomic E-state index is 12.8. The molecule has 0 aliphatic heterocycles. The molecule has 158 valence electrons. The van der Waals surface area contributed by atoms with Crippen molar-refractivity contribution in [2.24, 2.45) is 0 Å². The molecule has 30 heavy (non-hydrogen) atoms. The first-order valence-corrected chi connectivity index (χ1v) is 10.1. The third kappa shape index (κ3) is 4.76. The summed E-state index contributed by atoms with van der Waals surface area (Å²) in [6, 6.07) is 7.40. The summed E-state index contributed by atoms with van der Waals surface area (Å²) in [5, 5.41) is 2.88. The molecule has 1 amide bonds. The van der Waals surface area contributed by atoms with E-state index in [1.807, 2.05) is 13.8 Å². The van der Waals surface area contributed by atoms with E-state index in [0.717, 1.165) is 11.8 Å². The summed E-state index contributed by atoms with van der Waals surface area (Å²) in [5.74, 6) is -0.869.